The summed E-state index contributed by atoms with van der Waals surface area (Å²) in [6, 6.07) is 25.2. The molecule has 0 radical (unpaired) electrons. The molecule has 2 heterocycles. The molecule has 1 amide bonds. The smallest absolute Gasteiger partial charge is 0.253 e. The van der Waals surface area contributed by atoms with Crippen molar-refractivity contribution in [2.45, 2.75) is 32.4 Å². The van der Waals surface area contributed by atoms with Gasteiger partial charge in [-0.2, -0.15) is 0 Å². The molecule has 0 bridgehead atoms. The van der Waals surface area contributed by atoms with E-state index in [0.717, 1.165) is 49.4 Å². The number of carbonyl (C=O) groups is 1. The summed E-state index contributed by atoms with van der Waals surface area (Å²) in [4.78, 5) is 15.8. The van der Waals surface area contributed by atoms with E-state index in [2.05, 4.69) is 34.5 Å². The Morgan fingerprint density at radius 3 is 2.33 bits per heavy atom. The highest BCUT2D eigenvalue weighted by molar-refractivity contribution is 6.09. The minimum atomic E-state index is -0.337. The topological polar surface area (TPSA) is 37.3 Å². The first-order valence-corrected chi connectivity index (χ1v) is 11.5. The Hall–Kier alpha value is -3.44. The van der Waals surface area contributed by atoms with E-state index in [4.69, 9.17) is 0 Å². The second kappa shape index (κ2) is 9.20. The number of piperidine rings is 1. The molecule has 5 heteroatoms. The zero-order valence-electron chi connectivity index (χ0n) is 18.8. The van der Waals surface area contributed by atoms with Crippen LogP contribution in [-0.4, -0.2) is 34.5 Å². The van der Waals surface area contributed by atoms with Gasteiger partial charge in [-0.1, -0.05) is 48.5 Å². The Labute approximate surface area is 193 Å². The summed E-state index contributed by atoms with van der Waals surface area (Å²) in [6.07, 6.45) is 1.81. The highest BCUT2D eigenvalue weighted by atomic mass is 19.1. The lowest BCUT2D eigenvalue weighted by Gasteiger charge is -2.32. The third-order valence-electron chi connectivity index (χ3n) is 6.58. The maximum Gasteiger partial charge on any atom is 0.253 e. The van der Waals surface area contributed by atoms with Crippen LogP contribution >= 0.6 is 0 Å². The van der Waals surface area contributed by atoms with Gasteiger partial charge in [0.15, 0.2) is 0 Å². The minimum absolute atomic E-state index is 0.118. The Morgan fingerprint density at radius 2 is 1.64 bits per heavy atom. The Balaban J connectivity index is 1.35. The minimum Gasteiger partial charge on any atom is -0.349 e. The predicted molar refractivity (Wildman–Crippen MR) is 130 cm³/mol. The van der Waals surface area contributed by atoms with E-state index in [0.29, 0.717) is 10.9 Å². The van der Waals surface area contributed by atoms with Crippen molar-refractivity contribution in [1.29, 1.82) is 0 Å². The van der Waals surface area contributed by atoms with Gasteiger partial charge < -0.3 is 9.88 Å². The molecule has 1 N–H and O–H groups in total. The number of para-hydroxylation sites is 1. The average molecular weight is 442 g/mol. The first kappa shape index (κ1) is 21.4. The van der Waals surface area contributed by atoms with E-state index < -0.39 is 0 Å². The van der Waals surface area contributed by atoms with Crippen molar-refractivity contribution in [3.05, 3.63) is 102 Å². The summed E-state index contributed by atoms with van der Waals surface area (Å²) in [5.74, 6) is -0.463. The second-order valence-electron chi connectivity index (χ2n) is 8.80. The zero-order valence-corrected chi connectivity index (χ0v) is 18.8. The molecule has 5 rings (SSSR count). The number of carbonyl (C=O) groups excluding carboxylic acids is 1. The highest BCUT2D eigenvalue weighted by Gasteiger charge is 2.25. The number of benzene rings is 3. The number of halogens is 1. The summed E-state index contributed by atoms with van der Waals surface area (Å²) >= 11 is 0. The first-order chi connectivity index (χ1) is 16.1. The van der Waals surface area contributed by atoms with Crippen molar-refractivity contribution in [3.63, 3.8) is 0 Å². The van der Waals surface area contributed by atoms with Crippen LogP contribution in [0, 0.1) is 12.7 Å². The molecule has 4 nitrogen and oxygen atoms in total. The van der Waals surface area contributed by atoms with E-state index in [-0.39, 0.29) is 17.8 Å². The van der Waals surface area contributed by atoms with Crippen molar-refractivity contribution < 1.29 is 9.18 Å². The highest BCUT2D eigenvalue weighted by Crippen LogP contribution is 2.30. The lowest BCUT2D eigenvalue weighted by molar-refractivity contribution is 0.0910. The molecule has 0 atom stereocenters. The Morgan fingerprint density at radius 1 is 0.970 bits per heavy atom. The van der Waals surface area contributed by atoms with Crippen LogP contribution in [0.25, 0.3) is 16.6 Å². The van der Waals surface area contributed by atoms with Gasteiger partial charge in [0.25, 0.3) is 5.91 Å². The van der Waals surface area contributed by atoms with Crippen molar-refractivity contribution in [3.8, 4) is 5.69 Å². The van der Waals surface area contributed by atoms with Crippen molar-refractivity contribution >= 4 is 16.8 Å². The SMILES string of the molecule is Cc1c(C(=O)NC2CCN(Cc3ccccc3)CC2)c2cc(F)ccc2n1-c1ccccc1. The Bertz CT molecular complexity index is 1260. The lowest BCUT2D eigenvalue weighted by Crippen LogP contribution is -2.44. The number of hydrogen-bond acceptors (Lipinski definition) is 2. The van der Waals surface area contributed by atoms with Gasteiger partial charge in [-0.05, 0) is 55.7 Å². The van der Waals surface area contributed by atoms with Crippen molar-refractivity contribution in [2.24, 2.45) is 0 Å². The largest absolute Gasteiger partial charge is 0.349 e. The van der Waals surface area contributed by atoms with E-state index in [9.17, 15) is 9.18 Å². The van der Waals surface area contributed by atoms with Crippen LogP contribution in [-0.2, 0) is 6.54 Å². The van der Waals surface area contributed by atoms with Crippen LogP contribution < -0.4 is 5.32 Å². The van der Waals surface area contributed by atoms with E-state index >= 15 is 0 Å². The van der Waals surface area contributed by atoms with Gasteiger partial charge >= 0.3 is 0 Å². The molecular weight excluding hydrogens is 413 g/mol. The summed E-state index contributed by atoms with van der Waals surface area (Å²) in [5.41, 5.74) is 4.48. The Kier molecular flexibility index (Phi) is 5.97. The van der Waals surface area contributed by atoms with Gasteiger partial charge in [0.1, 0.15) is 5.82 Å². The van der Waals surface area contributed by atoms with Gasteiger partial charge in [0, 0.05) is 42.4 Å². The number of fused-ring (bicyclic) bond motifs is 1. The van der Waals surface area contributed by atoms with Crippen LogP contribution in [0.4, 0.5) is 4.39 Å². The summed E-state index contributed by atoms with van der Waals surface area (Å²) in [5, 5.41) is 3.88. The van der Waals surface area contributed by atoms with Crippen LogP contribution in [0.3, 0.4) is 0 Å². The van der Waals surface area contributed by atoms with E-state index in [1.807, 2.05) is 47.9 Å². The van der Waals surface area contributed by atoms with Crippen molar-refractivity contribution in [2.75, 3.05) is 13.1 Å². The molecule has 0 spiro atoms. The van der Waals surface area contributed by atoms with E-state index in [1.165, 1.54) is 17.7 Å². The molecule has 33 heavy (non-hydrogen) atoms. The molecule has 1 aliphatic rings. The zero-order chi connectivity index (χ0) is 22.8. The molecule has 0 saturated carbocycles. The molecular formula is C28H28FN3O. The fraction of sp³-hybridized carbons (Fsp3) is 0.250. The molecule has 3 aromatic carbocycles. The number of nitrogens with one attached hydrogen (secondary N) is 1. The molecule has 1 saturated heterocycles. The van der Waals surface area contributed by atoms with Gasteiger partial charge in [-0.15, -0.1) is 0 Å². The summed E-state index contributed by atoms with van der Waals surface area (Å²) in [6.45, 7) is 4.76. The molecule has 1 fully saturated rings. The van der Waals surface area contributed by atoms with Crippen LogP contribution in [0.1, 0.15) is 34.5 Å². The number of rotatable bonds is 5. The van der Waals surface area contributed by atoms with E-state index in [1.54, 1.807) is 6.07 Å². The monoisotopic (exact) mass is 441 g/mol. The summed E-state index contributed by atoms with van der Waals surface area (Å²) in [7, 11) is 0. The number of amides is 1. The van der Waals surface area contributed by atoms with Crippen LogP contribution in [0.2, 0.25) is 0 Å². The standard InChI is InChI=1S/C28H28FN3O/c1-20-27(25-18-22(29)12-13-26(25)32(20)24-10-6-3-7-11-24)28(33)30-23-14-16-31(17-15-23)19-21-8-4-2-5-9-21/h2-13,18,23H,14-17,19H2,1H3,(H,30,33). The maximum atomic E-state index is 14.2. The van der Waals surface area contributed by atoms with Gasteiger partial charge in [-0.25, -0.2) is 4.39 Å². The number of aromatic nitrogens is 1. The lowest BCUT2D eigenvalue weighted by atomic mass is 10.0. The molecule has 0 aliphatic carbocycles. The molecule has 168 valence electrons. The number of likely N-dealkylation sites (tertiary alicyclic amines) is 1. The molecule has 1 aliphatic heterocycles. The molecule has 1 aromatic heterocycles. The van der Waals surface area contributed by atoms with Crippen LogP contribution in [0.5, 0.6) is 0 Å². The first-order valence-electron chi connectivity index (χ1n) is 11.5. The predicted octanol–water partition coefficient (Wildman–Crippen LogP) is 5.47. The summed E-state index contributed by atoms with van der Waals surface area (Å²) < 4.78 is 16.2. The second-order valence-corrected chi connectivity index (χ2v) is 8.80. The maximum absolute atomic E-state index is 14.2. The third-order valence-corrected chi connectivity index (χ3v) is 6.58. The number of nitrogens with zero attached hydrogens (tertiary/aromatic N) is 2. The normalized spacial score (nSPS) is 15.1. The fourth-order valence-electron chi connectivity index (χ4n) is 4.92. The van der Waals surface area contributed by atoms with Crippen molar-refractivity contribution in [1.82, 2.24) is 14.8 Å². The van der Waals surface area contributed by atoms with Crippen LogP contribution in [0.15, 0.2) is 78.9 Å². The van der Waals surface area contributed by atoms with Gasteiger partial charge in [-0.3, -0.25) is 9.69 Å². The fourth-order valence-corrected chi connectivity index (χ4v) is 4.92. The van der Waals surface area contributed by atoms with Gasteiger partial charge in [0.2, 0.25) is 0 Å². The van der Waals surface area contributed by atoms with Gasteiger partial charge in [0.05, 0.1) is 11.1 Å². The third kappa shape index (κ3) is 4.41. The number of hydrogen-bond donors (Lipinski definition) is 1. The average Bonchev–Trinajstić information content (AvgIpc) is 3.12. The quantitative estimate of drug-likeness (QED) is 0.446. The molecule has 4 aromatic rings. The molecule has 0 unspecified atom stereocenters.